The van der Waals surface area contributed by atoms with Crippen LogP contribution in [0.15, 0.2) is 21.7 Å². The lowest BCUT2D eigenvalue weighted by Gasteiger charge is -2.31. The first kappa shape index (κ1) is 15.5. The number of hydrogen-bond acceptors (Lipinski definition) is 4. The van der Waals surface area contributed by atoms with Gasteiger partial charge in [0, 0.05) is 19.1 Å². The first-order valence-corrected chi connectivity index (χ1v) is 9.07. The van der Waals surface area contributed by atoms with Crippen molar-refractivity contribution in [2.24, 2.45) is 5.92 Å². The number of rotatable bonds is 4. The Kier molecular flexibility index (Phi) is 4.82. The minimum Gasteiger partial charge on any atom is -0.354 e. The molecule has 0 bridgehead atoms. The van der Waals surface area contributed by atoms with E-state index < -0.39 is 10.0 Å². The Labute approximate surface area is 124 Å². The number of carbonyl (C=O) groups excluding carboxylic acids is 1. The van der Waals surface area contributed by atoms with Crippen LogP contribution in [0.25, 0.3) is 0 Å². The number of nitrogens with zero attached hydrogens (tertiary/aromatic N) is 1. The maximum absolute atomic E-state index is 12.4. The smallest absolute Gasteiger partial charge is 0.252 e. The molecule has 2 rings (SSSR count). The maximum atomic E-state index is 12.4. The molecule has 1 aliphatic rings. The molecular formula is C13H20N2O3S2. The van der Waals surface area contributed by atoms with Crippen molar-refractivity contribution in [1.82, 2.24) is 9.62 Å². The van der Waals surface area contributed by atoms with Crippen LogP contribution in [0.3, 0.4) is 0 Å². The van der Waals surface area contributed by atoms with E-state index >= 15 is 0 Å². The van der Waals surface area contributed by atoms with E-state index in [2.05, 4.69) is 5.32 Å². The highest BCUT2D eigenvalue weighted by Gasteiger charge is 2.33. The molecule has 1 N–H and O–H groups in total. The van der Waals surface area contributed by atoms with Gasteiger partial charge in [0.1, 0.15) is 4.21 Å². The highest BCUT2D eigenvalue weighted by Crippen LogP contribution is 2.26. The predicted molar refractivity (Wildman–Crippen MR) is 79.1 cm³/mol. The van der Waals surface area contributed by atoms with Gasteiger partial charge in [-0.25, -0.2) is 8.42 Å². The van der Waals surface area contributed by atoms with Crippen molar-refractivity contribution in [3.8, 4) is 0 Å². The second kappa shape index (κ2) is 6.24. The van der Waals surface area contributed by atoms with Gasteiger partial charge in [-0.1, -0.05) is 6.07 Å². The summed E-state index contributed by atoms with van der Waals surface area (Å²) in [5, 5.41) is 4.61. The summed E-state index contributed by atoms with van der Waals surface area (Å²) in [6.07, 6.45) is 1.47. The van der Waals surface area contributed by atoms with Gasteiger partial charge in [-0.05, 0) is 38.1 Å². The average Bonchev–Trinajstić information content (AvgIpc) is 2.92. The summed E-state index contributed by atoms with van der Waals surface area (Å²) in [4.78, 5) is 12.0. The number of nitrogens with one attached hydrogen (secondary N) is 1. The quantitative estimate of drug-likeness (QED) is 0.919. The molecule has 1 saturated heterocycles. The van der Waals surface area contributed by atoms with Crippen LogP contribution in [0.4, 0.5) is 0 Å². The van der Waals surface area contributed by atoms with Crippen molar-refractivity contribution < 1.29 is 13.2 Å². The van der Waals surface area contributed by atoms with Gasteiger partial charge in [-0.15, -0.1) is 11.3 Å². The number of hydrogen-bond donors (Lipinski definition) is 1. The Morgan fingerprint density at radius 3 is 2.85 bits per heavy atom. The van der Waals surface area contributed by atoms with Crippen molar-refractivity contribution in [3.63, 3.8) is 0 Å². The van der Waals surface area contributed by atoms with E-state index in [-0.39, 0.29) is 24.4 Å². The zero-order valence-corrected chi connectivity index (χ0v) is 13.3. The average molecular weight is 316 g/mol. The van der Waals surface area contributed by atoms with Gasteiger partial charge in [0.25, 0.3) is 10.0 Å². The fraction of sp³-hybridized carbons (Fsp3) is 0.615. The Morgan fingerprint density at radius 2 is 2.25 bits per heavy atom. The van der Waals surface area contributed by atoms with Crippen LogP contribution in [0.5, 0.6) is 0 Å². The number of sulfonamides is 1. The Balaban J connectivity index is 2.09. The minimum absolute atomic E-state index is 0.0499. The summed E-state index contributed by atoms with van der Waals surface area (Å²) in [6, 6.07) is 3.41. The maximum Gasteiger partial charge on any atom is 0.252 e. The Bertz CT molecular complexity index is 552. The van der Waals surface area contributed by atoms with E-state index in [1.807, 2.05) is 13.8 Å². The minimum atomic E-state index is -3.44. The number of carbonyl (C=O) groups is 1. The molecule has 0 saturated carbocycles. The number of piperidine rings is 1. The predicted octanol–water partition coefficient (Wildman–Crippen LogP) is 1.67. The zero-order chi connectivity index (χ0) is 14.8. The third kappa shape index (κ3) is 3.39. The second-order valence-corrected chi connectivity index (χ2v) is 8.41. The van der Waals surface area contributed by atoms with Crippen LogP contribution in [-0.2, 0) is 14.8 Å². The standard InChI is InChI=1S/C13H20N2O3S2/c1-10(2)14-13(16)11-5-3-7-15(9-11)20(17,18)12-6-4-8-19-12/h4,6,8,10-11H,3,5,7,9H2,1-2H3,(H,14,16)/t11-/m0/s1. The first-order chi connectivity index (χ1) is 9.41. The molecule has 1 atom stereocenters. The van der Waals surface area contributed by atoms with Gasteiger partial charge in [-0.3, -0.25) is 4.79 Å². The molecule has 112 valence electrons. The van der Waals surface area contributed by atoms with Crippen molar-refractivity contribution in [3.05, 3.63) is 17.5 Å². The van der Waals surface area contributed by atoms with E-state index in [9.17, 15) is 13.2 Å². The Hall–Kier alpha value is -0.920. The van der Waals surface area contributed by atoms with E-state index in [4.69, 9.17) is 0 Å². The number of thiophene rings is 1. The van der Waals surface area contributed by atoms with Gasteiger partial charge < -0.3 is 5.32 Å². The van der Waals surface area contributed by atoms with Crippen molar-refractivity contribution in [2.75, 3.05) is 13.1 Å². The van der Waals surface area contributed by atoms with Crippen LogP contribution in [0.2, 0.25) is 0 Å². The molecule has 0 unspecified atom stereocenters. The van der Waals surface area contributed by atoms with Crippen LogP contribution in [0, 0.1) is 5.92 Å². The van der Waals surface area contributed by atoms with Gasteiger partial charge in [0.15, 0.2) is 0 Å². The lowest BCUT2D eigenvalue weighted by Crippen LogP contribution is -2.46. The molecule has 5 nitrogen and oxygen atoms in total. The topological polar surface area (TPSA) is 66.5 Å². The molecule has 0 radical (unpaired) electrons. The van der Waals surface area contributed by atoms with Crippen molar-refractivity contribution in [1.29, 1.82) is 0 Å². The summed E-state index contributed by atoms with van der Waals surface area (Å²) in [6.45, 7) is 4.58. The highest BCUT2D eigenvalue weighted by molar-refractivity contribution is 7.91. The molecule has 1 amide bonds. The fourth-order valence-electron chi connectivity index (χ4n) is 2.31. The second-order valence-electron chi connectivity index (χ2n) is 5.30. The molecule has 1 aromatic rings. The third-order valence-electron chi connectivity index (χ3n) is 3.28. The SMILES string of the molecule is CC(C)NC(=O)[C@H]1CCCN(S(=O)(=O)c2cccs2)C1. The molecular weight excluding hydrogens is 296 g/mol. The Morgan fingerprint density at radius 1 is 1.50 bits per heavy atom. The van der Waals surface area contributed by atoms with Gasteiger partial charge >= 0.3 is 0 Å². The van der Waals surface area contributed by atoms with Crippen LogP contribution in [0.1, 0.15) is 26.7 Å². The zero-order valence-electron chi connectivity index (χ0n) is 11.7. The summed E-state index contributed by atoms with van der Waals surface area (Å²) in [7, 11) is -3.44. The fourth-order valence-corrected chi connectivity index (χ4v) is 4.98. The molecule has 1 fully saturated rings. The first-order valence-electron chi connectivity index (χ1n) is 6.75. The third-order valence-corrected chi connectivity index (χ3v) is 6.51. The lowest BCUT2D eigenvalue weighted by molar-refractivity contribution is -0.126. The summed E-state index contributed by atoms with van der Waals surface area (Å²) >= 11 is 1.21. The van der Waals surface area contributed by atoms with Gasteiger partial charge in [0.2, 0.25) is 5.91 Å². The molecule has 7 heteroatoms. The van der Waals surface area contributed by atoms with E-state index in [0.29, 0.717) is 10.8 Å². The molecule has 0 aromatic carbocycles. The number of amides is 1. The molecule has 0 aliphatic carbocycles. The summed E-state index contributed by atoms with van der Waals surface area (Å²) in [5.74, 6) is -0.299. The molecule has 0 spiro atoms. The van der Waals surface area contributed by atoms with Crippen LogP contribution < -0.4 is 5.32 Å². The van der Waals surface area contributed by atoms with Crippen molar-refractivity contribution >= 4 is 27.3 Å². The molecule has 1 aliphatic heterocycles. The lowest BCUT2D eigenvalue weighted by atomic mass is 9.98. The summed E-state index contributed by atoms with van der Waals surface area (Å²) in [5.41, 5.74) is 0. The highest BCUT2D eigenvalue weighted by atomic mass is 32.2. The van der Waals surface area contributed by atoms with Crippen LogP contribution >= 0.6 is 11.3 Å². The molecule has 20 heavy (non-hydrogen) atoms. The van der Waals surface area contributed by atoms with E-state index in [1.54, 1.807) is 17.5 Å². The van der Waals surface area contributed by atoms with Crippen molar-refractivity contribution in [2.45, 2.75) is 36.9 Å². The van der Waals surface area contributed by atoms with Gasteiger partial charge in [0.05, 0.1) is 5.92 Å². The van der Waals surface area contributed by atoms with E-state index in [1.165, 1.54) is 15.6 Å². The van der Waals surface area contributed by atoms with Crippen LogP contribution in [-0.4, -0.2) is 37.8 Å². The summed E-state index contributed by atoms with van der Waals surface area (Å²) < 4.78 is 26.7. The van der Waals surface area contributed by atoms with E-state index in [0.717, 1.165) is 12.8 Å². The monoisotopic (exact) mass is 316 g/mol. The molecule has 2 heterocycles. The van der Waals surface area contributed by atoms with Gasteiger partial charge in [-0.2, -0.15) is 4.31 Å². The molecule has 1 aromatic heterocycles. The largest absolute Gasteiger partial charge is 0.354 e. The normalized spacial score (nSPS) is 21.1.